The number of amidine groups is 1. The first-order chi connectivity index (χ1) is 13.3. The number of amides is 1. The minimum Gasteiger partial charge on any atom is -0.496 e. The van der Waals surface area contributed by atoms with E-state index in [0.29, 0.717) is 15.8 Å². The number of thioether (sulfide) groups is 1. The summed E-state index contributed by atoms with van der Waals surface area (Å²) < 4.78 is 5.26. The van der Waals surface area contributed by atoms with E-state index in [2.05, 4.69) is 4.99 Å². The third-order valence-corrected chi connectivity index (χ3v) is 5.52. The van der Waals surface area contributed by atoms with Crippen LogP contribution in [-0.4, -0.2) is 41.2 Å². The molecule has 0 unspecified atom stereocenters. The van der Waals surface area contributed by atoms with Crippen molar-refractivity contribution in [3.63, 3.8) is 0 Å². The maximum absolute atomic E-state index is 12.6. The SMILES string of the molecule is COc1ccc(/C=C2/SC(=Nc3ccc(Cl)c(C(=O)O)c3)N(C)C2=O)cc1C. The normalized spacial score (nSPS) is 16.9. The Bertz CT molecular complexity index is 1030. The summed E-state index contributed by atoms with van der Waals surface area (Å²) in [5.74, 6) is -0.528. The number of carboxylic acid groups (broad SMARTS) is 1. The summed E-state index contributed by atoms with van der Waals surface area (Å²) >= 11 is 7.12. The van der Waals surface area contributed by atoms with E-state index < -0.39 is 5.97 Å². The van der Waals surface area contributed by atoms with Gasteiger partial charge in [0.2, 0.25) is 0 Å². The summed E-state index contributed by atoms with van der Waals surface area (Å²) in [6.45, 7) is 1.93. The zero-order chi connectivity index (χ0) is 20.4. The van der Waals surface area contributed by atoms with Crippen molar-refractivity contribution in [3.8, 4) is 5.75 Å². The molecule has 1 N–H and O–H groups in total. The maximum atomic E-state index is 12.6. The van der Waals surface area contributed by atoms with Crippen LogP contribution in [-0.2, 0) is 4.79 Å². The lowest BCUT2D eigenvalue weighted by Gasteiger charge is -2.07. The molecule has 0 atom stereocenters. The van der Waals surface area contributed by atoms with Crippen molar-refractivity contribution in [2.75, 3.05) is 14.2 Å². The predicted molar refractivity (Wildman–Crippen MR) is 112 cm³/mol. The van der Waals surface area contributed by atoms with Gasteiger partial charge in [0.05, 0.1) is 28.3 Å². The van der Waals surface area contributed by atoms with Crippen LogP contribution in [0.5, 0.6) is 5.75 Å². The van der Waals surface area contributed by atoms with Crippen LogP contribution < -0.4 is 4.74 Å². The van der Waals surface area contributed by atoms with E-state index in [4.69, 9.17) is 16.3 Å². The molecular weight excluding hydrogens is 400 g/mol. The second-order valence-electron chi connectivity index (χ2n) is 6.07. The van der Waals surface area contributed by atoms with Gasteiger partial charge in [0.15, 0.2) is 5.17 Å². The van der Waals surface area contributed by atoms with Crippen LogP contribution in [0.3, 0.4) is 0 Å². The van der Waals surface area contributed by atoms with Gasteiger partial charge in [-0.15, -0.1) is 0 Å². The topological polar surface area (TPSA) is 79.2 Å². The number of methoxy groups -OCH3 is 1. The van der Waals surface area contributed by atoms with Crippen LogP contribution >= 0.6 is 23.4 Å². The summed E-state index contributed by atoms with van der Waals surface area (Å²) in [5, 5.41) is 9.78. The van der Waals surface area contributed by atoms with E-state index in [0.717, 1.165) is 16.9 Å². The van der Waals surface area contributed by atoms with Crippen molar-refractivity contribution in [1.29, 1.82) is 0 Å². The quantitative estimate of drug-likeness (QED) is 0.737. The number of carboxylic acids is 1. The van der Waals surface area contributed by atoms with E-state index in [1.807, 2.05) is 25.1 Å². The van der Waals surface area contributed by atoms with Gasteiger partial charge in [0, 0.05) is 7.05 Å². The monoisotopic (exact) mass is 416 g/mol. The van der Waals surface area contributed by atoms with Gasteiger partial charge in [0.1, 0.15) is 5.75 Å². The average molecular weight is 417 g/mol. The van der Waals surface area contributed by atoms with Gasteiger partial charge in [-0.3, -0.25) is 9.69 Å². The van der Waals surface area contributed by atoms with Gasteiger partial charge < -0.3 is 9.84 Å². The number of nitrogens with zero attached hydrogens (tertiary/aromatic N) is 2. The van der Waals surface area contributed by atoms with Gasteiger partial charge >= 0.3 is 5.97 Å². The summed E-state index contributed by atoms with van der Waals surface area (Å²) in [5.41, 5.74) is 2.22. The lowest BCUT2D eigenvalue weighted by Crippen LogP contribution is -2.23. The molecule has 28 heavy (non-hydrogen) atoms. The van der Waals surface area contributed by atoms with Gasteiger partial charge in [-0.25, -0.2) is 9.79 Å². The Hall–Kier alpha value is -2.77. The zero-order valence-electron chi connectivity index (χ0n) is 15.4. The minimum absolute atomic E-state index is 0.0371. The standard InChI is InChI=1S/C20H17ClN2O4S/c1-11-8-12(4-7-16(11)27-3)9-17-18(24)23(2)20(28-17)22-13-5-6-15(21)14(10-13)19(25)26/h4-10H,1-3H3,(H,25,26)/b17-9+,22-20?. The van der Waals surface area contributed by atoms with Gasteiger partial charge in [0.25, 0.3) is 5.91 Å². The van der Waals surface area contributed by atoms with Crippen molar-refractivity contribution in [3.05, 3.63) is 63.0 Å². The molecule has 144 valence electrons. The number of benzene rings is 2. The molecule has 1 aliphatic heterocycles. The lowest BCUT2D eigenvalue weighted by molar-refractivity contribution is -0.121. The number of carbonyl (C=O) groups excluding carboxylic acids is 1. The van der Waals surface area contributed by atoms with Crippen LogP contribution in [0.15, 0.2) is 46.3 Å². The highest BCUT2D eigenvalue weighted by molar-refractivity contribution is 8.18. The second-order valence-corrected chi connectivity index (χ2v) is 7.48. The first-order valence-corrected chi connectivity index (χ1v) is 9.43. The fourth-order valence-electron chi connectivity index (χ4n) is 2.65. The van der Waals surface area contributed by atoms with Crippen molar-refractivity contribution in [2.45, 2.75) is 6.92 Å². The molecule has 1 amide bonds. The molecular formula is C20H17ClN2O4S. The highest BCUT2D eigenvalue weighted by Crippen LogP contribution is 2.34. The molecule has 3 rings (SSSR count). The van der Waals surface area contributed by atoms with Crippen molar-refractivity contribution in [1.82, 2.24) is 4.90 Å². The fraction of sp³-hybridized carbons (Fsp3) is 0.150. The Morgan fingerprint density at radius 3 is 2.68 bits per heavy atom. The molecule has 2 aromatic carbocycles. The number of hydrogen-bond acceptors (Lipinski definition) is 5. The fourth-order valence-corrected chi connectivity index (χ4v) is 3.84. The maximum Gasteiger partial charge on any atom is 0.337 e. The number of carbonyl (C=O) groups is 2. The smallest absolute Gasteiger partial charge is 0.337 e. The van der Waals surface area contributed by atoms with Crippen LogP contribution in [0, 0.1) is 6.92 Å². The van der Waals surface area contributed by atoms with Crippen molar-refractivity contribution in [2.24, 2.45) is 4.99 Å². The lowest BCUT2D eigenvalue weighted by atomic mass is 10.1. The molecule has 0 aliphatic carbocycles. The Morgan fingerprint density at radius 2 is 2.04 bits per heavy atom. The van der Waals surface area contributed by atoms with Gasteiger partial charge in [-0.05, 0) is 66.2 Å². The highest BCUT2D eigenvalue weighted by Gasteiger charge is 2.30. The molecule has 0 aromatic heterocycles. The van der Waals surface area contributed by atoms with Crippen LogP contribution in [0.1, 0.15) is 21.5 Å². The molecule has 2 aromatic rings. The Balaban J connectivity index is 1.91. The predicted octanol–water partition coefficient (Wildman–Crippen LogP) is 4.59. The van der Waals surface area contributed by atoms with E-state index in [1.165, 1.54) is 28.8 Å². The molecule has 8 heteroatoms. The summed E-state index contributed by atoms with van der Waals surface area (Å²) in [4.78, 5) is 30.2. The van der Waals surface area contributed by atoms with E-state index >= 15 is 0 Å². The number of ether oxygens (including phenoxy) is 1. The minimum atomic E-state index is -1.13. The number of aliphatic imine (C=N–C) groups is 1. The van der Waals surface area contributed by atoms with Crippen molar-refractivity contribution < 1.29 is 19.4 Å². The average Bonchev–Trinajstić information content (AvgIpc) is 2.91. The Morgan fingerprint density at radius 1 is 1.29 bits per heavy atom. The third-order valence-electron chi connectivity index (χ3n) is 4.13. The first kappa shape index (κ1) is 20.0. The summed E-state index contributed by atoms with van der Waals surface area (Å²) in [7, 11) is 3.24. The molecule has 1 fully saturated rings. The molecule has 1 aliphatic rings. The van der Waals surface area contributed by atoms with E-state index in [1.54, 1.807) is 26.3 Å². The Kier molecular flexibility index (Phi) is 5.76. The molecule has 6 nitrogen and oxygen atoms in total. The highest BCUT2D eigenvalue weighted by atomic mass is 35.5. The first-order valence-electron chi connectivity index (χ1n) is 8.24. The number of aromatic carboxylic acids is 1. The zero-order valence-corrected chi connectivity index (χ0v) is 17.0. The number of likely N-dealkylation sites (N-methyl/N-ethyl adjacent to an activating group) is 1. The second kappa shape index (κ2) is 8.08. The van der Waals surface area contributed by atoms with E-state index in [9.17, 15) is 14.7 Å². The number of halogens is 1. The number of aryl methyl sites for hydroxylation is 1. The van der Waals surface area contributed by atoms with Gasteiger partial charge in [-0.1, -0.05) is 17.7 Å². The largest absolute Gasteiger partial charge is 0.496 e. The molecule has 0 radical (unpaired) electrons. The molecule has 1 heterocycles. The van der Waals surface area contributed by atoms with E-state index in [-0.39, 0.29) is 16.5 Å². The molecule has 0 bridgehead atoms. The summed E-state index contributed by atoms with van der Waals surface area (Å²) in [6, 6.07) is 10.1. The summed E-state index contributed by atoms with van der Waals surface area (Å²) in [6.07, 6.45) is 1.79. The van der Waals surface area contributed by atoms with Crippen molar-refractivity contribution >= 4 is 52.2 Å². The van der Waals surface area contributed by atoms with Gasteiger partial charge in [-0.2, -0.15) is 0 Å². The number of hydrogen-bond donors (Lipinski definition) is 1. The molecule has 0 saturated carbocycles. The van der Waals surface area contributed by atoms with Crippen LogP contribution in [0.4, 0.5) is 5.69 Å². The molecule has 1 saturated heterocycles. The number of rotatable bonds is 4. The Labute approximate surface area is 171 Å². The third kappa shape index (κ3) is 4.05. The van der Waals surface area contributed by atoms with Crippen LogP contribution in [0.2, 0.25) is 5.02 Å². The van der Waals surface area contributed by atoms with Crippen LogP contribution in [0.25, 0.3) is 6.08 Å². The molecule has 0 spiro atoms.